The van der Waals surface area contributed by atoms with E-state index in [0.717, 1.165) is 5.56 Å². The van der Waals surface area contributed by atoms with Gasteiger partial charge in [0, 0.05) is 22.5 Å². The summed E-state index contributed by atoms with van der Waals surface area (Å²) in [5.41, 5.74) is 2.46. The predicted octanol–water partition coefficient (Wildman–Crippen LogP) is 6.88. The maximum atomic E-state index is 12.9. The number of aryl methyl sites for hydroxylation is 1. The average molecular weight is 432 g/mol. The lowest BCUT2D eigenvalue weighted by molar-refractivity contribution is 0.102. The van der Waals surface area contributed by atoms with Crippen molar-refractivity contribution < 1.29 is 15.0 Å². The van der Waals surface area contributed by atoms with Gasteiger partial charge in [0.25, 0.3) is 5.91 Å². The Morgan fingerprint density at radius 3 is 2.35 bits per heavy atom. The number of fused-ring (bicyclic) bond motifs is 1. The normalized spacial score (nSPS) is 11.2. The number of halogens is 1. The van der Waals surface area contributed by atoms with Crippen molar-refractivity contribution in [3.8, 4) is 11.5 Å². The van der Waals surface area contributed by atoms with Crippen molar-refractivity contribution in [1.29, 1.82) is 0 Å². The second-order valence-corrected chi connectivity index (χ2v) is 7.40. The Labute approximate surface area is 183 Å². The molecular weight excluding hydrogens is 414 g/mol. The third-order valence-electron chi connectivity index (χ3n) is 4.71. The third kappa shape index (κ3) is 4.34. The minimum Gasteiger partial charge on any atom is -0.508 e. The summed E-state index contributed by atoms with van der Waals surface area (Å²) in [6, 6.07) is 20.3. The average Bonchev–Trinajstić information content (AvgIpc) is 2.74. The van der Waals surface area contributed by atoms with E-state index in [0.29, 0.717) is 27.8 Å². The molecular formula is C24H18ClN3O3. The standard InChI is InChI=1S/C24H18ClN3O3/c1-14-5-4-6-15(11-14)26-24(31)19-13-22(17-7-2-3-8-18(17)23(19)30)28-27-21-10-9-16(29)12-20(21)25/h2-13,29-30H,1H3,(H,26,31). The molecule has 0 fully saturated rings. The van der Waals surface area contributed by atoms with Crippen LogP contribution >= 0.6 is 11.6 Å². The summed E-state index contributed by atoms with van der Waals surface area (Å²) >= 11 is 6.11. The first-order valence-electron chi connectivity index (χ1n) is 9.45. The molecule has 4 aromatic carbocycles. The summed E-state index contributed by atoms with van der Waals surface area (Å²) in [5.74, 6) is -0.579. The largest absolute Gasteiger partial charge is 0.508 e. The molecule has 1 amide bonds. The van der Waals surface area contributed by atoms with Crippen molar-refractivity contribution in [3.05, 3.63) is 88.9 Å². The molecule has 7 heteroatoms. The quantitative estimate of drug-likeness (QED) is 0.307. The monoisotopic (exact) mass is 431 g/mol. The summed E-state index contributed by atoms with van der Waals surface area (Å²) < 4.78 is 0. The molecule has 0 radical (unpaired) electrons. The van der Waals surface area contributed by atoms with E-state index in [1.165, 1.54) is 24.3 Å². The van der Waals surface area contributed by atoms with Crippen molar-refractivity contribution in [2.45, 2.75) is 6.92 Å². The maximum Gasteiger partial charge on any atom is 0.259 e. The second kappa shape index (κ2) is 8.45. The van der Waals surface area contributed by atoms with Gasteiger partial charge in [-0.1, -0.05) is 48.0 Å². The Morgan fingerprint density at radius 1 is 0.871 bits per heavy atom. The molecule has 31 heavy (non-hydrogen) atoms. The highest BCUT2D eigenvalue weighted by molar-refractivity contribution is 6.33. The lowest BCUT2D eigenvalue weighted by Gasteiger charge is -2.11. The predicted molar refractivity (Wildman–Crippen MR) is 122 cm³/mol. The number of benzene rings is 4. The van der Waals surface area contributed by atoms with Crippen molar-refractivity contribution in [2.24, 2.45) is 10.2 Å². The van der Waals surface area contributed by atoms with Crippen LogP contribution in [0.3, 0.4) is 0 Å². The van der Waals surface area contributed by atoms with Gasteiger partial charge in [0.05, 0.1) is 16.3 Å². The highest BCUT2D eigenvalue weighted by atomic mass is 35.5. The summed E-state index contributed by atoms with van der Waals surface area (Å²) in [6.45, 7) is 1.93. The molecule has 0 aliphatic carbocycles. The van der Waals surface area contributed by atoms with Gasteiger partial charge < -0.3 is 15.5 Å². The van der Waals surface area contributed by atoms with Crippen molar-refractivity contribution >= 4 is 45.3 Å². The zero-order valence-corrected chi connectivity index (χ0v) is 17.3. The molecule has 4 rings (SSSR count). The van der Waals surface area contributed by atoms with Gasteiger partial charge in [0.2, 0.25) is 0 Å². The van der Waals surface area contributed by atoms with E-state index in [4.69, 9.17) is 11.6 Å². The van der Waals surface area contributed by atoms with Crippen LogP contribution in [0.5, 0.6) is 11.5 Å². The van der Waals surface area contributed by atoms with Crippen molar-refractivity contribution in [1.82, 2.24) is 0 Å². The molecule has 0 atom stereocenters. The van der Waals surface area contributed by atoms with Crippen LogP contribution in [-0.4, -0.2) is 16.1 Å². The number of rotatable bonds is 4. The minimum atomic E-state index is -0.465. The van der Waals surface area contributed by atoms with E-state index < -0.39 is 5.91 Å². The Bertz CT molecular complexity index is 1340. The Hall–Kier alpha value is -3.90. The van der Waals surface area contributed by atoms with Gasteiger partial charge in [0.1, 0.15) is 17.2 Å². The number of hydrogen-bond acceptors (Lipinski definition) is 5. The molecule has 0 saturated carbocycles. The van der Waals surface area contributed by atoms with E-state index in [1.54, 1.807) is 30.3 Å². The second-order valence-electron chi connectivity index (χ2n) is 7.00. The number of aromatic hydroxyl groups is 2. The molecule has 3 N–H and O–H groups in total. The zero-order chi connectivity index (χ0) is 22.0. The number of phenolic OH excluding ortho intramolecular Hbond substituents is 2. The molecule has 0 unspecified atom stereocenters. The molecule has 0 aliphatic heterocycles. The molecule has 6 nitrogen and oxygen atoms in total. The number of azo groups is 1. The number of amides is 1. The third-order valence-corrected chi connectivity index (χ3v) is 5.01. The molecule has 0 aromatic heterocycles. The fraction of sp³-hybridized carbons (Fsp3) is 0.0417. The molecule has 0 spiro atoms. The molecule has 0 aliphatic rings. The van der Waals surface area contributed by atoms with E-state index in [2.05, 4.69) is 15.5 Å². The molecule has 0 saturated heterocycles. The number of nitrogens with one attached hydrogen (secondary N) is 1. The van der Waals surface area contributed by atoms with Crippen molar-refractivity contribution in [3.63, 3.8) is 0 Å². The van der Waals surface area contributed by atoms with E-state index in [1.807, 2.05) is 25.1 Å². The van der Waals surface area contributed by atoms with Crippen LogP contribution in [0.25, 0.3) is 10.8 Å². The lowest BCUT2D eigenvalue weighted by Crippen LogP contribution is -2.12. The van der Waals surface area contributed by atoms with Gasteiger partial charge in [-0.2, -0.15) is 0 Å². The number of carbonyl (C=O) groups excluding carboxylic acids is 1. The first-order valence-corrected chi connectivity index (χ1v) is 9.83. The number of carbonyl (C=O) groups is 1. The van der Waals surface area contributed by atoms with Gasteiger partial charge in [0.15, 0.2) is 0 Å². The Morgan fingerprint density at radius 2 is 1.61 bits per heavy atom. The highest BCUT2D eigenvalue weighted by Crippen LogP contribution is 2.38. The molecule has 0 bridgehead atoms. The fourth-order valence-corrected chi connectivity index (χ4v) is 3.42. The summed E-state index contributed by atoms with van der Waals surface area (Å²) in [7, 11) is 0. The van der Waals surface area contributed by atoms with Crippen LogP contribution in [0.1, 0.15) is 15.9 Å². The topological polar surface area (TPSA) is 94.3 Å². The van der Waals surface area contributed by atoms with Crippen LogP contribution in [0.15, 0.2) is 83.0 Å². The van der Waals surface area contributed by atoms with Gasteiger partial charge in [-0.3, -0.25) is 4.79 Å². The molecule has 154 valence electrons. The number of nitrogens with zero attached hydrogens (tertiary/aromatic N) is 2. The zero-order valence-electron chi connectivity index (χ0n) is 16.5. The Balaban J connectivity index is 1.77. The number of phenols is 2. The van der Waals surface area contributed by atoms with Crippen LogP contribution in [0.4, 0.5) is 17.1 Å². The van der Waals surface area contributed by atoms with Crippen molar-refractivity contribution in [2.75, 3.05) is 5.32 Å². The SMILES string of the molecule is Cc1cccc(NC(=O)c2cc(N=Nc3ccc(O)cc3Cl)c3ccccc3c2O)c1. The lowest BCUT2D eigenvalue weighted by atomic mass is 10.0. The molecule has 0 heterocycles. The van der Waals surface area contributed by atoms with E-state index in [-0.39, 0.29) is 22.1 Å². The van der Waals surface area contributed by atoms with Gasteiger partial charge in [-0.15, -0.1) is 10.2 Å². The van der Waals surface area contributed by atoms with Crippen LogP contribution in [-0.2, 0) is 0 Å². The summed E-state index contributed by atoms with van der Waals surface area (Å²) in [4.78, 5) is 12.9. The number of hydrogen-bond donors (Lipinski definition) is 3. The van der Waals surface area contributed by atoms with Gasteiger partial charge >= 0.3 is 0 Å². The van der Waals surface area contributed by atoms with Gasteiger partial charge in [-0.05, 0) is 42.8 Å². The van der Waals surface area contributed by atoms with Crippen LogP contribution in [0.2, 0.25) is 5.02 Å². The first kappa shape index (κ1) is 20.4. The van der Waals surface area contributed by atoms with E-state index in [9.17, 15) is 15.0 Å². The number of anilines is 1. The fourth-order valence-electron chi connectivity index (χ4n) is 3.20. The highest BCUT2D eigenvalue weighted by Gasteiger charge is 2.17. The maximum absolute atomic E-state index is 12.9. The minimum absolute atomic E-state index is 0.0224. The summed E-state index contributed by atoms with van der Waals surface area (Å²) in [6.07, 6.45) is 0. The molecule has 4 aromatic rings. The first-order chi connectivity index (χ1) is 14.9. The smallest absolute Gasteiger partial charge is 0.259 e. The van der Waals surface area contributed by atoms with Gasteiger partial charge in [-0.25, -0.2) is 0 Å². The van der Waals surface area contributed by atoms with Crippen LogP contribution in [0, 0.1) is 6.92 Å². The van der Waals surface area contributed by atoms with Crippen LogP contribution < -0.4 is 5.32 Å². The van der Waals surface area contributed by atoms with E-state index >= 15 is 0 Å². The Kier molecular flexibility index (Phi) is 5.56. The summed E-state index contributed by atoms with van der Waals surface area (Å²) in [5, 5.41) is 32.8.